The summed E-state index contributed by atoms with van der Waals surface area (Å²) in [6.45, 7) is 3.64. The van der Waals surface area contributed by atoms with Crippen LogP contribution >= 0.6 is 11.8 Å². The Balaban J connectivity index is 1.50. The van der Waals surface area contributed by atoms with Gasteiger partial charge in [0.2, 0.25) is 5.91 Å². The van der Waals surface area contributed by atoms with Crippen molar-refractivity contribution in [2.45, 2.75) is 30.8 Å². The average molecular weight is 423 g/mol. The first-order valence-electron chi connectivity index (χ1n) is 9.45. The van der Waals surface area contributed by atoms with Gasteiger partial charge in [-0.1, -0.05) is 17.4 Å². The molecular formula is C21H21N5O3S. The highest BCUT2D eigenvalue weighted by Crippen LogP contribution is 2.32. The molecule has 1 saturated heterocycles. The van der Waals surface area contributed by atoms with Crippen molar-refractivity contribution in [2.75, 3.05) is 23.0 Å². The quantitative estimate of drug-likeness (QED) is 0.589. The van der Waals surface area contributed by atoms with Gasteiger partial charge in [0.15, 0.2) is 12.1 Å². The lowest BCUT2D eigenvalue weighted by Gasteiger charge is -2.20. The third-order valence-electron chi connectivity index (χ3n) is 4.98. The number of anilines is 2. The number of carbonyl (C=O) groups excluding carboxylic acids is 3. The molecule has 0 spiro atoms. The first-order chi connectivity index (χ1) is 14.4. The number of benzene rings is 2. The van der Waals surface area contributed by atoms with Gasteiger partial charge in [-0.25, -0.2) is 4.90 Å². The van der Waals surface area contributed by atoms with Crippen LogP contribution in [0.5, 0.6) is 0 Å². The van der Waals surface area contributed by atoms with E-state index in [-0.39, 0.29) is 12.5 Å². The normalized spacial score (nSPS) is 20.1. The molecule has 30 heavy (non-hydrogen) atoms. The smallest absolute Gasteiger partial charge is 0.263 e. The van der Waals surface area contributed by atoms with Gasteiger partial charge in [-0.05, 0) is 61.6 Å². The summed E-state index contributed by atoms with van der Waals surface area (Å²) in [6.07, 6.45) is 1.95. The summed E-state index contributed by atoms with van der Waals surface area (Å²) in [5.74, 6) is -1.18. The minimum absolute atomic E-state index is 0.173. The largest absolute Gasteiger partial charge is 0.324 e. The van der Waals surface area contributed by atoms with Gasteiger partial charge in [-0.2, -0.15) is 5.11 Å². The van der Waals surface area contributed by atoms with Crippen LogP contribution in [-0.2, 0) is 14.4 Å². The van der Waals surface area contributed by atoms with Gasteiger partial charge in [-0.3, -0.25) is 19.4 Å². The van der Waals surface area contributed by atoms with E-state index in [9.17, 15) is 14.4 Å². The number of imide groups is 1. The van der Waals surface area contributed by atoms with Crippen molar-refractivity contribution < 1.29 is 14.4 Å². The molecule has 2 aromatic rings. The maximum atomic E-state index is 13.1. The molecule has 8 nitrogen and oxygen atoms in total. The number of aryl methyl sites for hydroxylation is 2. The third-order valence-corrected chi connectivity index (χ3v) is 5.71. The van der Waals surface area contributed by atoms with E-state index in [1.807, 2.05) is 44.4 Å². The summed E-state index contributed by atoms with van der Waals surface area (Å²) < 4.78 is 0. The molecule has 1 N–H and O–H groups in total. The second kappa shape index (κ2) is 7.91. The van der Waals surface area contributed by atoms with Crippen LogP contribution in [0.3, 0.4) is 0 Å². The number of hydrogen-bond donors (Lipinski definition) is 1. The van der Waals surface area contributed by atoms with E-state index in [2.05, 4.69) is 15.7 Å². The number of nitrogens with one attached hydrogen (secondary N) is 1. The molecule has 2 atom stereocenters. The van der Waals surface area contributed by atoms with Gasteiger partial charge in [0.25, 0.3) is 11.8 Å². The van der Waals surface area contributed by atoms with Crippen molar-refractivity contribution in [3.05, 3.63) is 53.6 Å². The highest BCUT2D eigenvalue weighted by Gasteiger charge is 2.55. The standard InChI is InChI=1S/C21H21N5O3S/c1-12-7-13(2)9-15(8-12)26-20(28)18-19(21(26)29)25(24-23-18)11-17(27)22-14-5-4-6-16(10-14)30-3/h4-10,18-19H,11H2,1-3H3,(H,22,27)/t18-,19+/m1/s1. The van der Waals surface area contributed by atoms with Gasteiger partial charge in [0, 0.05) is 10.6 Å². The van der Waals surface area contributed by atoms with E-state index >= 15 is 0 Å². The van der Waals surface area contributed by atoms with E-state index in [0.29, 0.717) is 11.4 Å². The Labute approximate surface area is 178 Å². The summed E-state index contributed by atoms with van der Waals surface area (Å²) in [5.41, 5.74) is 3.08. The fourth-order valence-electron chi connectivity index (χ4n) is 3.74. The van der Waals surface area contributed by atoms with E-state index in [1.54, 1.807) is 30.0 Å². The number of amides is 3. The zero-order chi connectivity index (χ0) is 21.4. The Bertz CT molecular complexity index is 1050. The van der Waals surface area contributed by atoms with Crippen molar-refractivity contribution in [2.24, 2.45) is 10.3 Å². The molecule has 9 heteroatoms. The van der Waals surface area contributed by atoms with Gasteiger partial charge < -0.3 is 5.32 Å². The molecule has 4 rings (SSSR count). The van der Waals surface area contributed by atoms with Crippen LogP contribution in [0.1, 0.15) is 11.1 Å². The monoisotopic (exact) mass is 423 g/mol. The van der Waals surface area contributed by atoms with E-state index < -0.39 is 23.9 Å². The highest BCUT2D eigenvalue weighted by molar-refractivity contribution is 7.98. The number of nitrogens with zero attached hydrogens (tertiary/aromatic N) is 4. The fraction of sp³-hybridized carbons (Fsp3) is 0.286. The first kappa shape index (κ1) is 20.1. The molecule has 3 amide bonds. The molecule has 2 aliphatic rings. The van der Waals surface area contributed by atoms with Crippen molar-refractivity contribution in [3.63, 3.8) is 0 Å². The topological polar surface area (TPSA) is 94.4 Å². The lowest BCUT2D eigenvalue weighted by molar-refractivity contribution is -0.123. The van der Waals surface area contributed by atoms with E-state index in [0.717, 1.165) is 20.9 Å². The van der Waals surface area contributed by atoms with Gasteiger partial charge in [0.05, 0.1) is 5.69 Å². The fourth-order valence-corrected chi connectivity index (χ4v) is 4.20. The maximum Gasteiger partial charge on any atom is 0.263 e. The SMILES string of the molecule is CSc1cccc(NC(=O)CN2N=N[C@H]3C(=O)N(c4cc(C)cc(C)c4)C(=O)[C@H]32)c1. The minimum Gasteiger partial charge on any atom is -0.324 e. The molecule has 0 bridgehead atoms. The number of fused-ring (bicyclic) bond motifs is 1. The van der Waals surface area contributed by atoms with Crippen LogP contribution in [0, 0.1) is 13.8 Å². The zero-order valence-corrected chi connectivity index (χ0v) is 17.6. The Kier molecular flexibility index (Phi) is 5.29. The zero-order valence-electron chi connectivity index (χ0n) is 16.8. The lowest BCUT2D eigenvalue weighted by atomic mass is 10.1. The van der Waals surface area contributed by atoms with Crippen LogP contribution in [0.25, 0.3) is 0 Å². The number of hydrogen-bond acceptors (Lipinski definition) is 7. The molecule has 2 aromatic carbocycles. The molecule has 154 valence electrons. The number of carbonyl (C=O) groups is 3. The second-order valence-corrected chi connectivity index (χ2v) is 8.21. The summed E-state index contributed by atoms with van der Waals surface area (Å²) in [4.78, 5) is 40.6. The van der Waals surface area contributed by atoms with Gasteiger partial charge in [-0.15, -0.1) is 11.8 Å². The number of rotatable bonds is 5. The molecule has 0 radical (unpaired) electrons. The van der Waals surface area contributed by atoms with E-state index in [1.165, 1.54) is 5.01 Å². The van der Waals surface area contributed by atoms with Crippen molar-refractivity contribution >= 4 is 40.9 Å². The van der Waals surface area contributed by atoms with Crippen molar-refractivity contribution in [1.82, 2.24) is 5.01 Å². The predicted octanol–water partition coefficient (Wildman–Crippen LogP) is 2.96. The average Bonchev–Trinajstić information content (AvgIpc) is 3.21. The minimum atomic E-state index is -0.925. The molecule has 0 aliphatic carbocycles. The predicted molar refractivity (Wildman–Crippen MR) is 114 cm³/mol. The van der Waals surface area contributed by atoms with Crippen molar-refractivity contribution in [3.8, 4) is 0 Å². The maximum absolute atomic E-state index is 13.1. The molecular weight excluding hydrogens is 402 g/mol. The van der Waals surface area contributed by atoms with Crippen molar-refractivity contribution in [1.29, 1.82) is 0 Å². The first-order valence-corrected chi connectivity index (χ1v) is 10.7. The number of thioether (sulfide) groups is 1. The molecule has 1 fully saturated rings. The van der Waals surface area contributed by atoms with Crippen LogP contribution < -0.4 is 10.2 Å². The third kappa shape index (κ3) is 3.68. The van der Waals surface area contributed by atoms with Gasteiger partial charge in [0.1, 0.15) is 6.54 Å². The Morgan fingerprint density at radius 2 is 1.83 bits per heavy atom. The Morgan fingerprint density at radius 1 is 1.10 bits per heavy atom. The Morgan fingerprint density at radius 3 is 2.53 bits per heavy atom. The van der Waals surface area contributed by atoms with Crippen LogP contribution in [-0.4, -0.2) is 47.6 Å². The summed E-state index contributed by atoms with van der Waals surface area (Å²) in [7, 11) is 0. The molecule has 0 saturated carbocycles. The molecule has 0 unspecified atom stereocenters. The summed E-state index contributed by atoms with van der Waals surface area (Å²) in [6, 6.07) is 11.2. The van der Waals surface area contributed by atoms with Crippen LogP contribution in [0.15, 0.2) is 57.7 Å². The molecule has 2 aliphatic heterocycles. The molecule has 0 aromatic heterocycles. The summed E-state index contributed by atoms with van der Waals surface area (Å²) >= 11 is 1.57. The molecule has 2 heterocycles. The Hall–Kier alpha value is -3.20. The highest BCUT2D eigenvalue weighted by atomic mass is 32.2. The second-order valence-electron chi connectivity index (χ2n) is 7.33. The lowest BCUT2D eigenvalue weighted by Crippen LogP contribution is -2.43. The summed E-state index contributed by atoms with van der Waals surface area (Å²) in [5, 5.41) is 12.0. The van der Waals surface area contributed by atoms with E-state index in [4.69, 9.17) is 0 Å². The van der Waals surface area contributed by atoms with Crippen LogP contribution in [0.2, 0.25) is 0 Å². The van der Waals surface area contributed by atoms with Gasteiger partial charge >= 0.3 is 0 Å². The van der Waals surface area contributed by atoms with Crippen LogP contribution in [0.4, 0.5) is 11.4 Å².